The van der Waals surface area contributed by atoms with Gasteiger partial charge in [0.05, 0.1) is 38.4 Å². The maximum Gasteiger partial charge on any atom is 0.282 e. The Labute approximate surface area is 150 Å². The van der Waals surface area contributed by atoms with Crippen molar-refractivity contribution in [3.8, 4) is 17.2 Å². The van der Waals surface area contributed by atoms with E-state index in [0.717, 1.165) is 0 Å². The number of hydrogen-bond donors (Lipinski definition) is 0. The third-order valence-electron chi connectivity index (χ3n) is 3.96. The molecule has 2 aromatic carbocycles. The summed E-state index contributed by atoms with van der Waals surface area (Å²) >= 11 is 0. The molecule has 0 aliphatic carbocycles. The number of methoxy groups -OCH3 is 3. The van der Waals surface area contributed by atoms with Gasteiger partial charge in [0.15, 0.2) is 11.5 Å². The van der Waals surface area contributed by atoms with Gasteiger partial charge >= 0.3 is 0 Å². The van der Waals surface area contributed by atoms with Crippen molar-refractivity contribution in [2.24, 2.45) is 5.10 Å². The van der Waals surface area contributed by atoms with Gasteiger partial charge in [-0.1, -0.05) is 12.1 Å². The lowest BCUT2D eigenvalue weighted by atomic mass is 10.2. The van der Waals surface area contributed by atoms with Gasteiger partial charge in [-0.05, 0) is 25.1 Å². The molecule has 0 atom stereocenters. The van der Waals surface area contributed by atoms with Gasteiger partial charge in [0, 0.05) is 11.6 Å². The van der Waals surface area contributed by atoms with Gasteiger partial charge in [0.25, 0.3) is 5.56 Å². The monoisotopic (exact) mass is 353 g/mol. The summed E-state index contributed by atoms with van der Waals surface area (Å²) in [5.74, 6) is 2.12. The largest absolute Gasteiger partial charge is 0.496 e. The van der Waals surface area contributed by atoms with E-state index < -0.39 is 0 Å². The van der Waals surface area contributed by atoms with Crippen LogP contribution in [0.2, 0.25) is 0 Å². The molecule has 7 nitrogen and oxygen atoms in total. The first kappa shape index (κ1) is 17.5. The molecule has 1 aromatic heterocycles. The third-order valence-corrected chi connectivity index (χ3v) is 3.96. The second-order valence-electron chi connectivity index (χ2n) is 5.49. The van der Waals surface area contributed by atoms with Crippen LogP contribution < -0.4 is 19.8 Å². The Balaban J connectivity index is 2.11. The number of aromatic nitrogens is 2. The summed E-state index contributed by atoms with van der Waals surface area (Å²) in [6, 6.07) is 10.6. The van der Waals surface area contributed by atoms with E-state index in [4.69, 9.17) is 14.2 Å². The van der Waals surface area contributed by atoms with Crippen LogP contribution in [-0.4, -0.2) is 37.2 Å². The quantitative estimate of drug-likeness (QED) is 0.659. The van der Waals surface area contributed by atoms with Crippen molar-refractivity contribution in [1.29, 1.82) is 0 Å². The van der Waals surface area contributed by atoms with Crippen LogP contribution in [0.25, 0.3) is 10.9 Å². The number of fused-ring (bicyclic) bond motifs is 1. The topological polar surface area (TPSA) is 74.9 Å². The molecule has 26 heavy (non-hydrogen) atoms. The average molecular weight is 353 g/mol. The standard InChI is InChI=1S/C19H19N3O4/c1-12-21-15-8-6-5-7-14(15)19(23)22(12)20-11-13-9-17(25-3)18(26-4)10-16(13)24-2/h5-11H,1-4H3/b20-11-. The van der Waals surface area contributed by atoms with E-state index in [-0.39, 0.29) is 5.56 Å². The lowest BCUT2D eigenvalue weighted by molar-refractivity contribution is 0.349. The van der Waals surface area contributed by atoms with Crippen LogP contribution in [0.4, 0.5) is 0 Å². The molecule has 0 amide bonds. The molecule has 0 unspecified atom stereocenters. The average Bonchev–Trinajstić information content (AvgIpc) is 2.67. The summed E-state index contributed by atoms with van der Waals surface area (Å²) < 4.78 is 17.2. The molecule has 0 radical (unpaired) electrons. The summed E-state index contributed by atoms with van der Waals surface area (Å²) in [7, 11) is 4.65. The van der Waals surface area contributed by atoms with Gasteiger partial charge in [-0.25, -0.2) is 4.98 Å². The van der Waals surface area contributed by atoms with Crippen LogP contribution in [-0.2, 0) is 0 Å². The minimum Gasteiger partial charge on any atom is -0.496 e. The zero-order chi connectivity index (χ0) is 18.7. The van der Waals surface area contributed by atoms with E-state index in [1.165, 1.54) is 10.9 Å². The Morgan fingerprint density at radius 1 is 1.00 bits per heavy atom. The number of para-hydroxylation sites is 1. The van der Waals surface area contributed by atoms with E-state index in [9.17, 15) is 4.79 Å². The van der Waals surface area contributed by atoms with Gasteiger partial charge in [0.2, 0.25) is 0 Å². The van der Waals surface area contributed by atoms with Crippen LogP contribution in [0.1, 0.15) is 11.4 Å². The number of ether oxygens (including phenoxy) is 3. The fourth-order valence-electron chi connectivity index (χ4n) is 2.64. The lowest BCUT2D eigenvalue weighted by Gasteiger charge is -2.12. The van der Waals surface area contributed by atoms with Crippen LogP contribution >= 0.6 is 0 Å². The Kier molecular flexibility index (Phi) is 4.88. The van der Waals surface area contributed by atoms with E-state index in [1.54, 1.807) is 58.6 Å². The molecular formula is C19H19N3O4. The molecular weight excluding hydrogens is 334 g/mol. The van der Waals surface area contributed by atoms with Crippen molar-refractivity contribution >= 4 is 17.1 Å². The third kappa shape index (κ3) is 3.11. The summed E-state index contributed by atoms with van der Waals surface area (Å²) in [6.45, 7) is 1.73. The van der Waals surface area contributed by atoms with Crippen molar-refractivity contribution in [2.45, 2.75) is 6.92 Å². The van der Waals surface area contributed by atoms with E-state index in [0.29, 0.717) is 39.5 Å². The second kappa shape index (κ2) is 7.26. The van der Waals surface area contributed by atoms with Crippen molar-refractivity contribution < 1.29 is 14.2 Å². The number of hydrogen-bond acceptors (Lipinski definition) is 6. The number of rotatable bonds is 5. The highest BCUT2D eigenvalue weighted by Crippen LogP contribution is 2.33. The summed E-state index contributed by atoms with van der Waals surface area (Å²) in [5.41, 5.74) is 1.05. The molecule has 0 saturated heterocycles. The van der Waals surface area contributed by atoms with Crippen molar-refractivity contribution in [3.63, 3.8) is 0 Å². The summed E-state index contributed by atoms with van der Waals surface area (Å²) in [5, 5.41) is 4.81. The number of nitrogens with zero attached hydrogens (tertiary/aromatic N) is 3. The van der Waals surface area contributed by atoms with Gasteiger partial charge < -0.3 is 14.2 Å². The zero-order valence-electron chi connectivity index (χ0n) is 15.0. The van der Waals surface area contributed by atoms with Crippen LogP contribution in [0.15, 0.2) is 46.3 Å². The molecule has 3 rings (SSSR count). The highest BCUT2D eigenvalue weighted by molar-refractivity contribution is 5.85. The first-order chi connectivity index (χ1) is 12.6. The molecule has 7 heteroatoms. The zero-order valence-corrected chi connectivity index (χ0v) is 15.0. The first-order valence-electron chi connectivity index (χ1n) is 7.91. The first-order valence-corrected chi connectivity index (χ1v) is 7.91. The Morgan fingerprint density at radius 2 is 1.65 bits per heavy atom. The maximum atomic E-state index is 12.7. The summed E-state index contributed by atoms with van der Waals surface area (Å²) in [4.78, 5) is 17.1. The van der Waals surface area contributed by atoms with Crippen molar-refractivity contribution in [1.82, 2.24) is 9.66 Å². The predicted molar refractivity (Wildman–Crippen MR) is 99.8 cm³/mol. The minimum absolute atomic E-state index is 0.233. The van der Waals surface area contributed by atoms with Crippen molar-refractivity contribution in [3.05, 3.63) is 58.1 Å². The van der Waals surface area contributed by atoms with Crippen LogP contribution in [0.3, 0.4) is 0 Å². The van der Waals surface area contributed by atoms with Crippen LogP contribution in [0.5, 0.6) is 17.2 Å². The maximum absolute atomic E-state index is 12.7. The molecule has 0 bridgehead atoms. The second-order valence-corrected chi connectivity index (χ2v) is 5.49. The Bertz CT molecular complexity index is 1040. The van der Waals surface area contributed by atoms with Gasteiger partial charge in [0.1, 0.15) is 11.6 Å². The molecule has 134 valence electrons. The molecule has 0 fully saturated rings. The minimum atomic E-state index is -0.233. The van der Waals surface area contributed by atoms with Crippen LogP contribution in [0, 0.1) is 6.92 Å². The Hall–Kier alpha value is -3.35. The highest BCUT2D eigenvalue weighted by Gasteiger charge is 2.11. The van der Waals surface area contributed by atoms with Gasteiger partial charge in [-0.3, -0.25) is 4.79 Å². The fourth-order valence-corrected chi connectivity index (χ4v) is 2.64. The molecule has 0 N–H and O–H groups in total. The molecule has 0 saturated carbocycles. The molecule has 0 aliphatic heterocycles. The van der Waals surface area contributed by atoms with E-state index in [2.05, 4.69) is 10.1 Å². The normalized spacial score (nSPS) is 11.1. The van der Waals surface area contributed by atoms with Gasteiger partial charge in [-0.15, -0.1) is 0 Å². The summed E-state index contributed by atoms with van der Waals surface area (Å²) in [6.07, 6.45) is 1.53. The molecule has 0 aliphatic rings. The van der Waals surface area contributed by atoms with E-state index in [1.807, 2.05) is 6.07 Å². The molecule has 0 spiro atoms. The lowest BCUT2D eigenvalue weighted by Crippen LogP contribution is -2.20. The van der Waals surface area contributed by atoms with Crippen molar-refractivity contribution in [2.75, 3.05) is 21.3 Å². The van der Waals surface area contributed by atoms with E-state index >= 15 is 0 Å². The molecule has 1 heterocycles. The Morgan fingerprint density at radius 3 is 2.35 bits per heavy atom. The number of benzene rings is 2. The number of aryl methyl sites for hydroxylation is 1. The fraction of sp³-hybridized carbons (Fsp3) is 0.211. The highest BCUT2D eigenvalue weighted by atomic mass is 16.5. The van der Waals surface area contributed by atoms with Gasteiger partial charge in [-0.2, -0.15) is 9.78 Å². The molecule has 3 aromatic rings. The SMILES string of the molecule is COc1cc(OC)c(OC)cc1/C=N\n1c(C)nc2ccccc2c1=O. The predicted octanol–water partition coefficient (Wildman–Crippen LogP) is 2.61. The smallest absolute Gasteiger partial charge is 0.282 e.